The van der Waals surface area contributed by atoms with Crippen LogP contribution in [0, 0.1) is 5.92 Å². The zero-order chi connectivity index (χ0) is 12.3. The molecule has 1 aromatic heterocycles. The van der Waals surface area contributed by atoms with Gasteiger partial charge in [0.15, 0.2) is 0 Å². The van der Waals surface area contributed by atoms with E-state index in [1.54, 1.807) is 12.3 Å². The maximum atomic E-state index is 11.9. The lowest BCUT2D eigenvalue weighted by Crippen LogP contribution is -2.40. The normalized spacial score (nSPS) is 19.6. The third kappa shape index (κ3) is 2.94. The molecular formula is C11H12ClN3O2. The number of carbonyl (C=O) groups is 2. The highest BCUT2D eigenvalue weighted by atomic mass is 35.5. The Morgan fingerprint density at radius 1 is 1.59 bits per heavy atom. The topological polar surface area (TPSA) is 71.1 Å². The van der Waals surface area contributed by atoms with Gasteiger partial charge in [0.05, 0.1) is 22.8 Å². The molecule has 0 aliphatic carbocycles. The first-order valence-corrected chi connectivity index (χ1v) is 5.71. The average Bonchev–Trinajstić information content (AvgIpc) is 2.33. The van der Waals surface area contributed by atoms with E-state index < -0.39 is 0 Å². The predicted octanol–water partition coefficient (Wildman–Crippen LogP) is 1.20. The monoisotopic (exact) mass is 253 g/mol. The molecule has 2 heterocycles. The largest absolute Gasteiger partial charge is 0.355 e. The van der Waals surface area contributed by atoms with Gasteiger partial charge in [0.25, 0.3) is 0 Å². The van der Waals surface area contributed by atoms with Crippen LogP contribution in [0.25, 0.3) is 0 Å². The van der Waals surface area contributed by atoms with Crippen molar-refractivity contribution in [2.75, 3.05) is 11.9 Å². The Morgan fingerprint density at radius 3 is 3.06 bits per heavy atom. The molecule has 1 atom stereocenters. The SMILES string of the molecule is O=C1CCC(C(=O)Nc2cnccc2Cl)CN1. The number of aromatic nitrogens is 1. The molecule has 17 heavy (non-hydrogen) atoms. The molecule has 2 amide bonds. The number of rotatable bonds is 2. The highest BCUT2D eigenvalue weighted by molar-refractivity contribution is 6.33. The predicted molar refractivity (Wildman–Crippen MR) is 63.6 cm³/mol. The van der Waals surface area contributed by atoms with Crippen LogP contribution < -0.4 is 10.6 Å². The Morgan fingerprint density at radius 2 is 2.41 bits per heavy atom. The van der Waals surface area contributed by atoms with E-state index in [4.69, 9.17) is 11.6 Å². The van der Waals surface area contributed by atoms with Gasteiger partial charge in [-0.05, 0) is 12.5 Å². The number of amides is 2. The van der Waals surface area contributed by atoms with Crippen molar-refractivity contribution in [1.82, 2.24) is 10.3 Å². The van der Waals surface area contributed by atoms with Crippen molar-refractivity contribution in [1.29, 1.82) is 0 Å². The Kier molecular flexibility index (Phi) is 3.58. The highest BCUT2D eigenvalue weighted by Gasteiger charge is 2.24. The van der Waals surface area contributed by atoms with Gasteiger partial charge in [-0.3, -0.25) is 14.6 Å². The van der Waals surface area contributed by atoms with E-state index in [1.165, 1.54) is 6.20 Å². The molecule has 1 aliphatic heterocycles. The lowest BCUT2D eigenvalue weighted by molar-refractivity contribution is -0.126. The van der Waals surface area contributed by atoms with Gasteiger partial charge in [0.2, 0.25) is 11.8 Å². The van der Waals surface area contributed by atoms with Crippen molar-refractivity contribution in [3.63, 3.8) is 0 Å². The molecule has 1 fully saturated rings. The van der Waals surface area contributed by atoms with Gasteiger partial charge in [-0.15, -0.1) is 0 Å². The third-order valence-electron chi connectivity index (χ3n) is 2.66. The van der Waals surface area contributed by atoms with E-state index in [0.29, 0.717) is 30.1 Å². The fourth-order valence-electron chi connectivity index (χ4n) is 1.66. The molecule has 1 aromatic rings. The minimum Gasteiger partial charge on any atom is -0.355 e. The van der Waals surface area contributed by atoms with Gasteiger partial charge in [-0.25, -0.2) is 0 Å². The van der Waals surface area contributed by atoms with Gasteiger partial charge < -0.3 is 10.6 Å². The Hall–Kier alpha value is -1.62. The summed E-state index contributed by atoms with van der Waals surface area (Å²) in [4.78, 5) is 26.7. The molecule has 0 bridgehead atoms. The minimum atomic E-state index is -0.205. The van der Waals surface area contributed by atoms with Crippen LogP contribution in [-0.4, -0.2) is 23.3 Å². The second-order valence-electron chi connectivity index (χ2n) is 3.88. The Labute approximate surface area is 104 Å². The standard InChI is InChI=1S/C11H12ClN3O2/c12-8-3-4-13-6-9(8)15-11(17)7-1-2-10(16)14-5-7/h3-4,6-7H,1-2,5H2,(H,14,16)(H,15,17). The van der Waals surface area contributed by atoms with E-state index in [9.17, 15) is 9.59 Å². The van der Waals surface area contributed by atoms with Crippen molar-refractivity contribution in [3.8, 4) is 0 Å². The zero-order valence-corrected chi connectivity index (χ0v) is 9.83. The molecule has 0 aromatic carbocycles. The van der Waals surface area contributed by atoms with Crippen LogP contribution in [0.2, 0.25) is 5.02 Å². The fourth-order valence-corrected chi connectivity index (χ4v) is 1.81. The van der Waals surface area contributed by atoms with Gasteiger partial charge in [0, 0.05) is 19.2 Å². The van der Waals surface area contributed by atoms with Crippen LogP contribution >= 0.6 is 11.6 Å². The third-order valence-corrected chi connectivity index (χ3v) is 2.99. The number of nitrogens with one attached hydrogen (secondary N) is 2. The van der Waals surface area contributed by atoms with Crippen molar-refractivity contribution < 1.29 is 9.59 Å². The van der Waals surface area contributed by atoms with Gasteiger partial charge in [-0.2, -0.15) is 0 Å². The van der Waals surface area contributed by atoms with Crippen molar-refractivity contribution >= 4 is 29.1 Å². The summed E-state index contributed by atoms with van der Waals surface area (Å²) in [5.41, 5.74) is 0.496. The number of halogens is 1. The number of piperidine rings is 1. The molecule has 0 saturated carbocycles. The molecule has 0 spiro atoms. The lowest BCUT2D eigenvalue weighted by atomic mass is 9.98. The first-order chi connectivity index (χ1) is 8.16. The van der Waals surface area contributed by atoms with Crippen molar-refractivity contribution in [2.24, 2.45) is 5.92 Å². The quantitative estimate of drug-likeness (QED) is 0.832. The maximum Gasteiger partial charge on any atom is 0.229 e. The summed E-state index contributed by atoms with van der Waals surface area (Å²) in [6.07, 6.45) is 4.01. The molecule has 6 heteroatoms. The molecule has 90 valence electrons. The Bertz CT molecular complexity index is 440. The molecule has 2 N–H and O–H groups in total. The summed E-state index contributed by atoms with van der Waals surface area (Å²) < 4.78 is 0. The number of carbonyl (C=O) groups excluding carboxylic acids is 2. The van der Waals surface area contributed by atoms with Crippen LogP contribution in [0.15, 0.2) is 18.5 Å². The summed E-state index contributed by atoms with van der Waals surface area (Å²) in [5, 5.41) is 5.83. The van der Waals surface area contributed by atoms with E-state index in [-0.39, 0.29) is 17.7 Å². The van der Waals surface area contributed by atoms with Crippen molar-refractivity contribution in [3.05, 3.63) is 23.5 Å². The van der Waals surface area contributed by atoms with E-state index in [1.807, 2.05) is 0 Å². The summed E-state index contributed by atoms with van der Waals surface area (Å²) in [6.45, 7) is 0.378. The summed E-state index contributed by atoms with van der Waals surface area (Å²) in [5.74, 6) is -0.350. The molecule has 1 saturated heterocycles. The molecule has 2 rings (SSSR count). The second-order valence-corrected chi connectivity index (χ2v) is 4.29. The van der Waals surface area contributed by atoms with E-state index in [0.717, 1.165) is 0 Å². The minimum absolute atomic E-state index is 0.00606. The van der Waals surface area contributed by atoms with Crippen LogP contribution in [0.5, 0.6) is 0 Å². The van der Waals surface area contributed by atoms with Crippen LogP contribution in [0.1, 0.15) is 12.8 Å². The van der Waals surface area contributed by atoms with E-state index in [2.05, 4.69) is 15.6 Å². The second kappa shape index (κ2) is 5.14. The van der Waals surface area contributed by atoms with Crippen LogP contribution in [-0.2, 0) is 9.59 Å². The lowest BCUT2D eigenvalue weighted by Gasteiger charge is -2.21. The molecule has 1 aliphatic rings. The smallest absolute Gasteiger partial charge is 0.229 e. The summed E-state index contributed by atoms with van der Waals surface area (Å²) in [7, 11) is 0. The molecule has 5 nitrogen and oxygen atoms in total. The first-order valence-electron chi connectivity index (χ1n) is 5.34. The van der Waals surface area contributed by atoms with Crippen molar-refractivity contribution in [2.45, 2.75) is 12.8 Å². The number of anilines is 1. The summed E-state index contributed by atoms with van der Waals surface area (Å²) in [6, 6.07) is 1.61. The first kappa shape index (κ1) is 11.9. The van der Waals surface area contributed by atoms with Gasteiger partial charge in [0.1, 0.15) is 0 Å². The van der Waals surface area contributed by atoms with Crippen LogP contribution in [0.3, 0.4) is 0 Å². The highest BCUT2D eigenvalue weighted by Crippen LogP contribution is 2.21. The molecular weight excluding hydrogens is 242 g/mol. The molecule has 0 radical (unpaired) electrons. The maximum absolute atomic E-state index is 11.9. The number of hydrogen-bond acceptors (Lipinski definition) is 3. The Balaban J connectivity index is 1.98. The van der Waals surface area contributed by atoms with E-state index >= 15 is 0 Å². The molecule has 1 unspecified atom stereocenters. The number of pyridine rings is 1. The fraction of sp³-hybridized carbons (Fsp3) is 0.364. The van der Waals surface area contributed by atoms with Gasteiger partial charge >= 0.3 is 0 Å². The number of nitrogens with zero attached hydrogens (tertiary/aromatic N) is 1. The average molecular weight is 254 g/mol. The number of hydrogen-bond donors (Lipinski definition) is 2. The zero-order valence-electron chi connectivity index (χ0n) is 9.07. The van der Waals surface area contributed by atoms with Crippen LogP contribution in [0.4, 0.5) is 5.69 Å². The summed E-state index contributed by atoms with van der Waals surface area (Å²) >= 11 is 5.91. The van der Waals surface area contributed by atoms with Gasteiger partial charge in [-0.1, -0.05) is 11.6 Å².